The second kappa shape index (κ2) is 5.35. The number of terminal acetylenes is 1. The molecule has 7 heteroatoms. The lowest BCUT2D eigenvalue weighted by Crippen LogP contribution is -2.36. The minimum atomic E-state index is -0.318. The van der Waals surface area contributed by atoms with Gasteiger partial charge in [-0.25, -0.2) is 14.4 Å². The van der Waals surface area contributed by atoms with Gasteiger partial charge in [0.05, 0.1) is 11.0 Å². The Balaban J connectivity index is 2.06. The van der Waals surface area contributed by atoms with Gasteiger partial charge < -0.3 is 4.90 Å². The number of rotatable bonds is 3. The lowest BCUT2D eigenvalue weighted by atomic mass is 10.4. The number of halogens is 1. The van der Waals surface area contributed by atoms with Crippen LogP contribution in [0.5, 0.6) is 0 Å². The first-order chi connectivity index (χ1) is 9.81. The van der Waals surface area contributed by atoms with Crippen molar-refractivity contribution >= 4 is 28.0 Å². The monoisotopic (exact) mass is 330 g/mol. The topological polar surface area (TPSA) is 51.2 Å². The van der Waals surface area contributed by atoms with Crippen LogP contribution in [0.2, 0.25) is 0 Å². The highest BCUT2D eigenvalue weighted by Crippen LogP contribution is 2.30. The molecule has 2 aromatic heterocycles. The Morgan fingerprint density at radius 1 is 1.25 bits per heavy atom. The third-order valence-electron chi connectivity index (χ3n) is 2.83. The molecule has 0 aliphatic carbocycles. The van der Waals surface area contributed by atoms with E-state index in [2.05, 4.69) is 37.0 Å². The van der Waals surface area contributed by atoms with Crippen molar-refractivity contribution in [3.63, 3.8) is 0 Å². The lowest BCUT2D eigenvalue weighted by molar-refractivity contribution is 0.219. The van der Waals surface area contributed by atoms with Crippen molar-refractivity contribution in [1.29, 1.82) is 0 Å². The smallest absolute Gasteiger partial charge is 0.219 e. The van der Waals surface area contributed by atoms with E-state index in [1.54, 1.807) is 28.0 Å². The molecule has 0 aromatic carbocycles. The van der Waals surface area contributed by atoms with Crippen molar-refractivity contribution in [1.82, 2.24) is 24.5 Å². The van der Waals surface area contributed by atoms with Crippen LogP contribution in [0.4, 0.5) is 0 Å². The zero-order chi connectivity index (χ0) is 13.9. The SMILES string of the molecule is C#CCN1C(n2cccn2)=C(Br)C=NC1n1cccn1. The molecule has 20 heavy (non-hydrogen) atoms. The molecule has 0 amide bonds. The summed E-state index contributed by atoms with van der Waals surface area (Å²) in [5, 5.41) is 8.50. The number of hydrogen-bond donors (Lipinski definition) is 0. The van der Waals surface area contributed by atoms with Crippen LogP contribution in [0.15, 0.2) is 46.4 Å². The van der Waals surface area contributed by atoms with E-state index in [0.717, 1.165) is 10.3 Å². The van der Waals surface area contributed by atoms with Gasteiger partial charge in [0.1, 0.15) is 5.82 Å². The van der Waals surface area contributed by atoms with Crippen LogP contribution in [-0.4, -0.2) is 37.2 Å². The molecule has 0 N–H and O–H groups in total. The maximum Gasteiger partial charge on any atom is 0.219 e. The third-order valence-corrected chi connectivity index (χ3v) is 3.39. The van der Waals surface area contributed by atoms with E-state index < -0.39 is 0 Å². The Kier molecular flexibility index (Phi) is 3.39. The summed E-state index contributed by atoms with van der Waals surface area (Å²) in [5.41, 5.74) is 0. The molecule has 1 unspecified atom stereocenters. The zero-order valence-electron chi connectivity index (χ0n) is 10.5. The minimum Gasteiger partial charge on any atom is -0.304 e. The summed E-state index contributed by atoms with van der Waals surface area (Å²) in [4.78, 5) is 6.42. The van der Waals surface area contributed by atoms with E-state index in [0.29, 0.717) is 6.54 Å². The second-order valence-electron chi connectivity index (χ2n) is 4.06. The van der Waals surface area contributed by atoms with Crippen molar-refractivity contribution in [3.8, 4) is 12.3 Å². The highest BCUT2D eigenvalue weighted by molar-refractivity contribution is 9.12. The molecular formula is C13H11BrN6. The summed E-state index contributed by atoms with van der Waals surface area (Å²) < 4.78 is 4.32. The van der Waals surface area contributed by atoms with Crippen LogP contribution in [0.1, 0.15) is 6.29 Å². The summed E-state index contributed by atoms with van der Waals surface area (Å²) in [6, 6.07) is 3.71. The molecule has 1 aliphatic heterocycles. The normalized spacial score (nSPS) is 18.4. The van der Waals surface area contributed by atoms with Crippen LogP contribution in [-0.2, 0) is 0 Å². The van der Waals surface area contributed by atoms with Gasteiger partial charge in [0.15, 0.2) is 0 Å². The molecule has 0 saturated heterocycles. The molecule has 6 nitrogen and oxygen atoms in total. The van der Waals surface area contributed by atoms with Crippen molar-refractivity contribution in [3.05, 3.63) is 41.4 Å². The molecule has 1 aliphatic rings. The van der Waals surface area contributed by atoms with Crippen LogP contribution < -0.4 is 0 Å². The summed E-state index contributed by atoms with van der Waals surface area (Å²) in [6.07, 6.45) is 14.1. The van der Waals surface area contributed by atoms with Gasteiger partial charge in [-0.3, -0.25) is 0 Å². The fourth-order valence-electron chi connectivity index (χ4n) is 2.04. The maximum atomic E-state index is 5.50. The van der Waals surface area contributed by atoms with Crippen molar-refractivity contribution in [2.75, 3.05) is 6.54 Å². The van der Waals surface area contributed by atoms with Crippen molar-refractivity contribution in [2.45, 2.75) is 6.29 Å². The Morgan fingerprint density at radius 2 is 2.05 bits per heavy atom. The predicted octanol–water partition coefficient (Wildman–Crippen LogP) is 1.78. The van der Waals surface area contributed by atoms with E-state index in [1.165, 1.54) is 0 Å². The lowest BCUT2D eigenvalue weighted by Gasteiger charge is -2.33. The number of allylic oxidation sites excluding steroid dienone is 1. The molecule has 0 bridgehead atoms. The number of aliphatic imine (C=N–C) groups is 1. The average molecular weight is 331 g/mol. The molecule has 100 valence electrons. The molecule has 1 atom stereocenters. The molecule has 0 saturated carbocycles. The van der Waals surface area contributed by atoms with Gasteiger partial charge in [0.25, 0.3) is 0 Å². The average Bonchev–Trinajstić information content (AvgIpc) is 3.12. The van der Waals surface area contributed by atoms with Gasteiger partial charge >= 0.3 is 0 Å². The van der Waals surface area contributed by atoms with E-state index in [1.807, 2.05) is 29.4 Å². The van der Waals surface area contributed by atoms with Crippen LogP contribution in [0.25, 0.3) is 5.82 Å². The minimum absolute atomic E-state index is 0.318. The largest absolute Gasteiger partial charge is 0.304 e. The van der Waals surface area contributed by atoms with Crippen LogP contribution in [0, 0.1) is 12.3 Å². The Bertz CT molecular complexity index is 677. The summed E-state index contributed by atoms with van der Waals surface area (Å²) in [6.45, 7) is 0.395. The molecular weight excluding hydrogens is 320 g/mol. The molecule has 0 spiro atoms. The van der Waals surface area contributed by atoms with Gasteiger partial charge in [0, 0.05) is 31.0 Å². The summed E-state index contributed by atoms with van der Waals surface area (Å²) in [7, 11) is 0. The summed E-state index contributed by atoms with van der Waals surface area (Å²) >= 11 is 3.51. The molecule has 3 heterocycles. The van der Waals surface area contributed by atoms with Crippen molar-refractivity contribution in [2.24, 2.45) is 4.99 Å². The van der Waals surface area contributed by atoms with E-state index in [-0.39, 0.29) is 6.29 Å². The van der Waals surface area contributed by atoms with Crippen molar-refractivity contribution < 1.29 is 0 Å². The maximum absolute atomic E-state index is 5.50. The molecule has 0 fully saturated rings. The van der Waals surface area contributed by atoms with Gasteiger partial charge in [-0.1, -0.05) is 5.92 Å². The first-order valence-corrected chi connectivity index (χ1v) is 6.73. The van der Waals surface area contributed by atoms with Gasteiger partial charge in [-0.15, -0.1) is 6.42 Å². The standard InChI is InChI=1S/C13H11BrN6/c1-2-7-18-12(19-8-3-5-16-19)11(14)10-15-13(18)20-9-4-6-17-20/h1,3-6,8-10,13H,7H2. The Hall–Kier alpha value is -2.33. The number of hydrogen-bond acceptors (Lipinski definition) is 4. The fourth-order valence-corrected chi connectivity index (χ4v) is 2.56. The summed E-state index contributed by atoms with van der Waals surface area (Å²) in [5.74, 6) is 3.49. The van der Waals surface area contributed by atoms with Gasteiger partial charge in [-0.2, -0.15) is 10.2 Å². The second-order valence-corrected chi connectivity index (χ2v) is 4.92. The first-order valence-electron chi connectivity index (χ1n) is 5.93. The Morgan fingerprint density at radius 3 is 2.70 bits per heavy atom. The van der Waals surface area contributed by atoms with E-state index >= 15 is 0 Å². The first kappa shape index (κ1) is 12.7. The molecule has 0 radical (unpaired) electrons. The highest BCUT2D eigenvalue weighted by Gasteiger charge is 2.27. The van der Waals surface area contributed by atoms with E-state index in [9.17, 15) is 0 Å². The van der Waals surface area contributed by atoms with Gasteiger partial charge in [-0.05, 0) is 28.1 Å². The number of aromatic nitrogens is 4. The molecule has 3 rings (SSSR count). The number of nitrogens with zero attached hydrogens (tertiary/aromatic N) is 6. The third kappa shape index (κ3) is 2.14. The van der Waals surface area contributed by atoms with Gasteiger partial charge in [0.2, 0.25) is 6.29 Å². The van der Waals surface area contributed by atoms with Crippen LogP contribution >= 0.6 is 15.9 Å². The molecule has 2 aromatic rings. The fraction of sp³-hybridized carbons (Fsp3) is 0.154. The quantitative estimate of drug-likeness (QED) is 0.806. The Labute approximate surface area is 124 Å². The highest BCUT2D eigenvalue weighted by atomic mass is 79.9. The predicted molar refractivity (Wildman–Crippen MR) is 79.7 cm³/mol. The van der Waals surface area contributed by atoms with E-state index in [4.69, 9.17) is 6.42 Å². The zero-order valence-corrected chi connectivity index (χ0v) is 12.1. The van der Waals surface area contributed by atoms with Crippen LogP contribution in [0.3, 0.4) is 0 Å².